The fraction of sp³-hybridized carbons (Fsp3) is 0.579. The minimum atomic E-state index is -0.722. The Morgan fingerprint density at radius 1 is 1.41 bits per heavy atom. The largest absolute Gasteiger partial charge is 0.493 e. The molecule has 0 radical (unpaired) electrons. The summed E-state index contributed by atoms with van der Waals surface area (Å²) in [6, 6.07) is 5.15. The van der Waals surface area contributed by atoms with E-state index in [2.05, 4.69) is 5.32 Å². The predicted octanol–water partition coefficient (Wildman–Crippen LogP) is 1.18. The minimum Gasteiger partial charge on any atom is -0.493 e. The number of aliphatic hydroxyl groups excluding tert-OH is 1. The Morgan fingerprint density at radius 3 is 2.93 bits per heavy atom. The molecule has 3 atom stereocenters. The van der Waals surface area contributed by atoms with Crippen molar-refractivity contribution in [2.75, 3.05) is 20.2 Å². The first-order chi connectivity index (χ1) is 13.0. The first-order valence-corrected chi connectivity index (χ1v) is 9.01. The summed E-state index contributed by atoms with van der Waals surface area (Å²) < 4.78 is 22.1. The van der Waals surface area contributed by atoms with E-state index in [-0.39, 0.29) is 25.4 Å². The number of nitrogens with one attached hydrogen (secondary N) is 1. The number of hydrogen-bond acceptors (Lipinski definition) is 8. The molecule has 0 spiro atoms. The summed E-state index contributed by atoms with van der Waals surface area (Å²) >= 11 is 0. The molecule has 8 nitrogen and oxygen atoms in total. The standard InChI is InChI=1S/C19H27NO7/c1-13(22)25-12-14-4-5-16(10-18(14)24-7-3-6-20-2)26-19-9-15(23)8-17(11-21)27-19/h4-5,10-11,15,17,19-20,23H,3,6-9,12H2,1-2H3. The summed E-state index contributed by atoms with van der Waals surface area (Å²) in [5.41, 5.74) is 0.720. The molecule has 0 aliphatic carbocycles. The zero-order chi connectivity index (χ0) is 19.6. The molecule has 1 aromatic carbocycles. The second-order valence-corrected chi connectivity index (χ2v) is 6.34. The van der Waals surface area contributed by atoms with Gasteiger partial charge in [-0.15, -0.1) is 0 Å². The van der Waals surface area contributed by atoms with Crippen LogP contribution in [0.4, 0.5) is 0 Å². The molecule has 1 fully saturated rings. The molecule has 0 bridgehead atoms. The van der Waals surface area contributed by atoms with Crippen LogP contribution in [0.15, 0.2) is 18.2 Å². The van der Waals surface area contributed by atoms with Crippen molar-refractivity contribution in [3.63, 3.8) is 0 Å². The van der Waals surface area contributed by atoms with Crippen molar-refractivity contribution in [2.24, 2.45) is 0 Å². The van der Waals surface area contributed by atoms with E-state index in [9.17, 15) is 14.7 Å². The SMILES string of the molecule is CNCCCOc1cc(OC2CC(O)CC(C=O)O2)ccc1COC(C)=O. The van der Waals surface area contributed by atoms with Gasteiger partial charge in [-0.3, -0.25) is 4.79 Å². The van der Waals surface area contributed by atoms with Gasteiger partial charge < -0.3 is 34.2 Å². The maximum Gasteiger partial charge on any atom is 0.302 e. The average Bonchev–Trinajstić information content (AvgIpc) is 2.64. The van der Waals surface area contributed by atoms with E-state index in [1.165, 1.54) is 6.92 Å². The lowest BCUT2D eigenvalue weighted by Crippen LogP contribution is -2.39. The Balaban J connectivity index is 2.06. The smallest absolute Gasteiger partial charge is 0.302 e. The molecule has 0 amide bonds. The molecular weight excluding hydrogens is 354 g/mol. The Morgan fingerprint density at radius 2 is 2.22 bits per heavy atom. The third-order valence-electron chi connectivity index (χ3n) is 4.01. The summed E-state index contributed by atoms with van der Waals surface area (Å²) in [7, 11) is 1.87. The average molecular weight is 381 g/mol. The maximum atomic E-state index is 11.1. The number of rotatable bonds is 10. The van der Waals surface area contributed by atoms with Crippen LogP contribution >= 0.6 is 0 Å². The summed E-state index contributed by atoms with van der Waals surface area (Å²) in [4.78, 5) is 22.0. The molecule has 0 saturated carbocycles. The van der Waals surface area contributed by atoms with Crippen LogP contribution in [0, 0.1) is 0 Å². The number of ether oxygens (including phenoxy) is 4. The van der Waals surface area contributed by atoms with Gasteiger partial charge in [0.15, 0.2) is 0 Å². The van der Waals surface area contributed by atoms with Crippen LogP contribution in [0.5, 0.6) is 11.5 Å². The van der Waals surface area contributed by atoms with Crippen molar-refractivity contribution < 1.29 is 33.6 Å². The van der Waals surface area contributed by atoms with E-state index in [0.717, 1.165) is 18.5 Å². The van der Waals surface area contributed by atoms with E-state index in [0.29, 0.717) is 24.4 Å². The van der Waals surface area contributed by atoms with E-state index in [1.807, 2.05) is 7.05 Å². The van der Waals surface area contributed by atoms with Gasteiger partial charge in [0, 0.05) is 31.4 Å². The third-order valence-corrected chi connectivity index (χ3v) is 4.01. The van der Waals surface area contributed by atoms with Crippen LogP contribution < -0.4 is 14.8 Å². The molecule has 27 heavy (non-hydrogen) atoms. The molecule has 150 valence electrons. The number of aldehydes is 1. The number of carbonyl (C=O) groups excluding carboxylic acids is 2. The summed E-state index contributed by atoms with van der Waals surface area (Å²) in [5.74, 6) is 0.656. The van der Waals surface area contributed by atoms with Crippen LogP contribution in [0.3, 0.4) is 0 Å². The molecule has 2 rings (SSSR count). The lowest BCUT2D eigenvalue weighted by Gasteiger charge is -2.30. The first-order valence-electron chi connectivity index (χ1n) is 9.01. The fourth-order valence-corrected chi connectivity index (χ4v) is 2.68. The van der Waals surface area contributed by atoms with E-state index in [1.54, 1.807) is 18.2 Å². The van der Waals surface area contributed by atoms with Gasteiger partial charge in [-0.05, 0) is 32.1 Å². The Hall–Kier alpha value is -2.16. The van der Waals surface area contributed by atoms with Crippen LogP contribution in [-0.4, -0.2) is 56.1 Å². The molecule has 1 aliphatic rings. The lowest BCUT2D eigenvalue weighted by molar-refractivity contribution is -0.176. The van der Waals surface area contributed by atoms with E-state index in [4.69, 9.17) is 18.9 Å². The van der Waals surface area contributed by atoms with E-state index >= 15 is 0 Å². The number of benzene rings is 1. The summed E-state index contributed by atoms with van der Waals surface area (Å²) in [6.45, 7) is 2.75. The van der Waals surface area contributed by atoms with Crippen molar-refractivity contribution in [1.29, 1.82) is 0 Å². The normalized spacial score (nSPS) is 22.1. The number of esters is 1. The highest BCUT2D eigenvalue weighted by atomic mass is 16.7. The monoisotopic (exact) mass is 381 g/mol. The van der Waals surface area contributed by atoms with Gasteiger partial charge in [0.2, 0.25) is 6.29 Å². The van der Waals surface area contributed by atoms with Gasteiger partial charge in [0.05, 0.1) is 12.7 Å². The van der Waals surface area contributed by atoms with Crippen molar-refractivity contribution >= 4 is 12.3 Å². The van der Waals surface area contributed by atoms with Gasteiger partial charge in [-0.1, -0.05) is 0 Å². The van der Waals surface area contributed by atoms with Gasteiger partial charge in [-0.25, -0.2) is 0 Å². The molecule has 2 N–H and O–H groups in total. The van der Waals surface area contributed by atoms with Gasteiger partial charge >= 0.3 is 5.97 Å². The molecule has 8 heteroatoms. The minimum absolute atomic E-state index is 0.100. The highest BCUT2D eigenvalue weighted by Crippen LogP contribution is 2.29. The molecule has 1 aromatic rings. The summed E-state index contributed by atoms with van der Waals surface area (Å²) in [5, 5.41) is 12.9. The lowest BCUT2D eigenvalue weighted by atomic mass is 10.1. The van der Waals surface area contributed by atoms with Gasteiger partial charge in [0.1, 0.15) is 30.5 Å². The van der Waals surface area contributed by atoms with Crippen LogP contribution in [0.1, 0.15) is 31.7 Å². The van der Waals surface area contributed by atoms with Crippen molar-refractivity contribution in [3.05, 3.63) is 23.8 Å². The zero-order valence-corrected chi connectivity index (χ0v) is 15.7. The van der Waals surface area contributed by atoms with Gasteiger partial charge in [0.25, 0.3) is 0 Å². The maximum absolute atomic E-state index is 11.1. The van der Waals surface area contributed by atoms with Crippen LogP contribution in [0.25, 0.3) is 0 Å². The Labute approximate surface area is 158 Å². The molecule has 3 unspecified atom stereocenters. The Kier molecular flexibility index (Phi) is 8.50. The summed E-state index contributed by atoms with van der Waals surface area (Å²) in [6.07, 6.45) is -0.0354. The van der Waals surface area contributed by atoms with Gasteiger partial charge in [-0.2, -0.15) is 0 Å². The first kappa shape index (κ1) is 21.1. The number of carbonyl (C=O) groups is 2. The molecular formula is C19H27NO7. The van der Waals surface area contributed by atoms with Crippen LogP contribution in [0.2, 0.25) is 0 Å². The predicted molar refractivity (Wildman–Crippen MR) is 96.5 cm³/mol. The number of hydrogen-bond donors (Lipinski definition) is 2. The Bertz CT molecular complexity index is 622. The van der Waals surface area contributed by atoms with E-state index < -0.39 is 18.5 Å². The second-order valence-electron chi connectivity index (χ2n) is 6.34. The topological polar surface area (TPSA) is 103 Å². The molecule has 1 heterocycles. The zero-order valence-electron chi connectivity index (χ0n) is 15.7. The highest BCUT2D eigenvalue weighted by Gasteiger charge is 2.29. The quantitative estimate of drug-likeness (QED) is 0.354. The second kappa shape index (κ2) is 10.9. The molecule has 1 saturated heterocycles. The van der Waals surface area contributed by atoms with Crippen molar-refractivity contribution in [3.8, 4) is 11.5 Å². The van der Waals surface area contributed by atoms with Crippen LogP contribution in [-0.2, 0) is 25.7 Å². The number of aliphatic hydroxyl groups is 1. The fourth-order valence-electron chi connectivity index (χ4n) is 2.68. The molecule has 0 aromatic heterocycles. The molecule has 1 aliphatic heterocycles. The third kappa shape index (κ3) is 7.16. The van der Waals surface area contributed by atoms with Crippen molar-refractivity contribution in [2.45, 2.75) is 51.3 Å². The van der Waals surface area contributed by atoms with Crippen molar-refractivity contribution in [1.82, 2.24) is 5.32 Å². The highest BCUT2D eigenvalue weighted by molar-refractivity contribution is 5.66.